The van der Waals surface area contributed by atoms with Crippen LogP contribution in [-0.4, -0.2) is 16.0 Å². The number of carbonyl (C=O) groups is 1. The summed E-state index contributed by atoms with van der Waals surface area (Å²) in [4.78, 5) is 18.3. The molecule has 3 aromatic rings. The molecule has 1 aromatic carbocycles. The van der Waals surface area contributed by atoms with Gasteiger partial charge >= 0.3 is 0 Å². The minimum atomic E-state index is -0.178. The summed E-state index contributed by atoms with van der Waals surface area (Å²) in [6.45, 7) is 3.80. The van der Waals surface area contributed by atoms with E-state index in [1.165, 1.54) is 0 Å². The molecule has 0 bridgehead atoms. The van der Waals surface area contributed by atoms with Crippen LogP contribution in [0.3, 0.4) is 0 Å². The predicted octanol–water partition coefficient (Wildman–Crippen LogP) is 4.51. The molecule has 2 atom stereocenters. The number of carbonyl (C=O) groups excluding carboxylic acids is 1. The second-order valence-electron chi connectivity index (χ2n) is 6.91. The van der Waals surface area contributed by atoms with Gasteiger partial charge in [0.2, 0.25) is 5.91 Å². The van der Waals surface area contributed by atoms with E-state index in [4.69, 9.17) is 16.6 Å². The molecule has 6 nitrogen and oxygen atoms in total. The summed E-state index contributed by atoms with van der Waals surface area (Å²) in [5.41, 5.74) is 3.58. The minimum absolute atomic E-state index is 0.0112. The van der Waals surface area contributed by atoms with Crippen molar-refractivity contribution >= 4 is 34.6 Å². The Balaban J connectivity index is 1.73. The van der Waals surface area contributed by atoms with Crippen LogP contribution in [0.4, 0.5) is 11.4 Å². The smallest absolute Gasteiger partial charge is 0.224 e. The predicted molar refractivity (Wildman–Crippen MR) is 117 cm³/mol. The number of nitrogens with zero attached hydrogens (tertiary/aromatic N) is 2. The fourth-order valence-corrected chi connectivity index (χ4v) is 3.90. The van der Waals surface area contributed by atoms with Crippen molar-refractivity contribution in [2.45, 2.75) is 32.4 Å². The molecule has 0 saturated carbocycles. The lowest BCUT2D eigenvalue weighted by atomic mass is 10.0. The van der Waals surface area contributed by atoms with Gasteiger partial charge in [0.05, 0.1) is 18.0 Å². The van der Waals surface area contributed by atoms with Crippen molar-refractivity contribution in [1.29, 1.82) is 0 Å². The van der Waals surface area contributed by atoms with E-state index in [0.717, 1.165) is 28.4 Å². The van der Waals surface area contributed by atoms with Crippen molar-refractivity contribution < 1.29 is 9.21 Å². The normalized spacial score (nSPS) is 18.6. The first kappa shape index (κ1) is 19.1. The van der Waals surface area contributed by atoms with E-state index in [0.29, 0.717) is 11.5 Å². The maximum absolute atomic E-state index is 11.8. The number of anilines is 2. The lowest BCUT2D eigenvalue weighted by Crippen LogP contribution is -2.29. The van der Waals surface area contributed by atoms with E-state index in [1.54, 1.807) is 12.5 Å². The Kier molecular flexibility index (Phi) is 5.31. The van der Waals surface area contributed by atoms with Gasteiger partial charge in [-0.05, 0) is 67.2 Å². The number of furan rings is 1. The van der Waals surface area contributed by atoms with E-state index in [2.05, 4.69) is 15.6 Å². The van der Waals surface area contributed by atoms with Gasteiger partial charge in [-0.1, -0.05) is 13.0 Å². The summed E-state index contributed by atoms with van der Waals surface area (Å²) < 4.78 is 5.76. The quantitative estimate of drug-likeness (QED) is 0.608. The Morgan fingerprint density at radius 2 is 2.14 bits per heavy atom. The lowest BCUT2D eigenvalue weighted by molar-refractivity contribution is -0.115. The summed E-state index contributed by atoms with van der Waals surface area (Å²) >= 11 is 5.69. The van der Waals surface area contributed by atoms with Gasteiger partial charge in [0.25, 0.3) is 0 Å². The molecular weight excluding hydrogens is 384 g/mol. The van der Waals surface area contributed by atoms with Gasteiger partial charge < -0.3 is 20.0 Å². The van der Waals surface area contributed by atoms with Crippen molar-refractivity contribution in [1.82, 2.24) is 10.3 Å². The molecule has 1 aliphatic rings. The number of nitrogens with one attached hydrogen (secondary N) is 2. The minimum Gasteiger partial charge on any atom is -0.467 e. The number of aryl methyl sites for hydroxylation is 1. The SMILES string of the molecule is CCC(=O)Nc1ccc(N2C(=S)N[C@H](c3ccccn3)[C@H]2c2ccco2)cc1C. The summed E-state index contributed by atoms with van der Waals surface area (Å²) in [5.74, 6) is 0.789. The zero-order valence-corrected chi connectivity index (χ0v) is 17.1. The highest BCUT2D eigenvalue weighted by Gasteiger charge is 2.42. The van der Waals surface area contributed by atoms with Gasteiger partial charge in [-0.25, -0.2) is 0 Å². The molecule has 4 rings (SSSR count). The second kappa shape index (κ2) is 8.05. The Labute approximate surface area is 174 Å². The number of aromatic nitrogens is 1. The van der Waals surface area contributed by atoms with Crippen LogP contribution >= 0.6 is 12.2 Å². The number of amides is 1. The highest BCUT2D eigenvalue weighted by molar-refractivity contribution is 7.80. The first-order valence-corrected chi connectivity index (χ1v) is 9.94. The van der Waals surface area contributed by atoms with Crippen molar-refractivity contribution in [3.63, 3.8) is 0 Å². The van der Waals surface area contributed by atoms with Crippen LogP contribution in [0.2, 0.25) is 0 Å². The van der Waals surface area contributed by atoms with Crippen molar-refractivity contribution in [2.75, 3.05) is 10.2 Å². The number of pyridine rings is 1. The summed E-state index contributed by atoms with van der Waals surface area (Å²) in [7, 11) is 0. The first-order chi connectivity index (χ1) is 14.1. The van der Waals surface area contributed by atoms with Gasteiger partial charge in [-0.3, -0.25) is 9.78 Å². The van der Waals surface area contributed by atoms with Crippen LogP contribution < -0.4 is 15.5 Å². The van der Waals surface area contributed by atoms with Crippen LogP contribution in [0.5, 0.6) is 0 Å². The van der Waals surface area contributed by atoms with Crippen LogP contribution in [0, 0.1) is 6.92 Å². The maximum Gasteiger partial charge on any atom is 0.224 e. The second-order valence-corrected chi connectivity index (χ2v) is 7.30. The van der Waals surface area contributed by atoms with Gasteiger partial charge in [-0.15, -0.1) is 0 Å². The third-order valence-electron chi connectivity index (χ3n) is 5.02. The molecule has 1 amide bonds. The number of hydrogen-bond donors (Lipinski definition) is 2. The first-order valence-electron chi connectivity index (χ1n) is 9.53. The molecule has 1 aliphatic heterocycles. The van der Waals surface area contributed by atoms with E-state index in [9.17, 15) is 4.79 Å². The number of rotatable bonds is 5. The molecule has 0 aliphatic carbocycles. The average molecular weight is 407 g/mol. The molecule has 2 aromatic heterocycles. The lowest BCUT2D eigenvalue weighted by Gasteiger charge is -2.26. The Bertz CT molecular complexity index is 1020. The van der Waals surface area contributed by atoms with Crippen LogP contribution in [0.15, 0.2) is 65.4 Å². The number of benzene rings is 1. The largest absolute Gasteiger partial charge is 0.467 e. The fraction of sp³-hybridized carbons (Fsp3) is 0.227. The monoisotopic (exact) mass is 406 g/mol. The van der Waals surface area contributed by atoms with E-state index < -0.39 is 0 Å². The highest BCUT2D eigenvalue weighted by atomic mass is 32.1. The Morgan fingerprint density at radius 1 is 1.28 bits per heavy atom. The molecule has 0 unspecified atom stereocenters. The molecule has 29 heavy (non-hydrogen) atoms. The summed E-state index contributed by atoms with van der Waals surface area (Å²) in [6.07, 6.45) is 3.88. The van der Waals surface area contributed by atoms with Crippen molar-refractivity contribution in [2.24, 2.45) is 0 Å². The molecule has 0 radical (unpaired) electrons. The Morgan fingerprint density at radius 3 is 2.79 bits per heavy atom. The van der Waals surface area contributed by atoms with Crippen LogP contribution in [0.1, 0.15) is 42.4 Å². The fourth-order valence-electron chi connectivity index (χ4n) is 3.56. The van der Waals surface area contributed by atoms with Crippen molar-refractivity contribution in [3.8, 4) is 0 Å². The molecule has 1 saturated heterocycles. The topological polar surface area (TPSA) is 70.4 Å². The average Bonchev–Trinajstić information content (AvgIpc) is 3.37. The highest BCUT2D eigenvalue weighted by Crippen LogP contribution is 2.42. The summed E-state index contributed by atoms with van der Waals surface area (Å²) in [5, 5.41) is 6.93. The van der Waals surface area contributed by atoms with E-state index >= 15 is 0 Å². The molecule has 1 fully saturated rings. The standard InChI is InChI=1S/C22H22N4O2S/c1-3-19(27)24-16-10-9-15(13-14(16)2)26-21(18-8-6-12-28-18)20(25-22(26)29)17-7-4-5-11-23-17/h4-13,20-21H,3H2,1-2H3,(H,24,27)(H,25,29)/t20-,21-/m1/s1. The third kappa shape index (κ3) is 3.73. The number of thiocarbonyl (C=S) groups is 1. The van der Waals surface area contributed by atoms with Gasteiger partial charge in [-0.2, -0.15) is 0 Å². The number of hydrogen-bond acceptors (Lipinski definition) is 4. The molecule has 0 spiro atoms. The zero-order chi connectivity index (χ0) is 20.4. The van der Waals surface area contributed by atoms with Gasteiger partial charge in [0.15, 0.2) is 5.11 Å². The van der Waals surface area contributed by atoms with Crippen molar-refractivity contribution in [3.05, 3.63) is 78.0 Å². The van der Waals surface area contributed by atoms with E-state index in [1.807, 2.05) is 67.3 Å². The molecule has 2 N–H and O–H groups in total. The molecule has 3 heterocycles. The Hall–Kier alpha value is -3.19. The summed E-state index contributed by atoms with van der Waals surface area (Å²) in [6, 6.07) is 15.2. The zero-order valence-electron chi connectivity index (χ0n) is 16.3. The van der Waals surface area contributed by atoms with E-state index in [-0.39, 0.29) is 18.0 Å². The van der Waals surface area contributed by atoms with Crippen LogP contribution in [-0.2, 0) is 4.79 Å². The van der Waals surface area contributed by atoms with Gasteiger partial charge in [0.1, 0.15) is 11.8 Å². The molecular formula is C22H22N4O2S. The maximum atomic E-state index is 11.8. The molecule has 7 heteroatoms. The van der Waals surface area contributed by atoms with Crippen LogP contribution in [0.25, 0.3) is 0 Å². The third-order valence-corrected chi connectivity index (χ3v) is 5.33. The molecule has 148 valence electrons. The van der Waals surface area contributed by atoms with Gasteiger partial charge in [0, 0.05) is 24.0 Å².